The molecule has 0 spiro atoms. The van der Waals surface area contributed by atoms with Crippen molar-refractivity contribution in [3.8, 4) is 0 Å². The maximum absolute atomic E-state index is 11.3. The summed E-state index contributed by atoms with van der Waals surface area (Å²) in [5.41, 5.74) is 1.41. The molecule has 0 aromatic carbocycles. The average molecular weight is 304 g/mol. The van der Waals surface area contributed by atoms with E-state index in [4.69, 9.17) is 4.42 Å². The van der Waals surface area contributed by atoms with E-state index >= 15 is 0 Å². The van der Waals surface area contributed by atoms with Gasteiger partial charge in [0, 0.05) is 0 Å². The fourth-order valence-corrected chi connectivity index (χ4v) is 2.18. The molecule has 0 atom stereocenters. The van der Waals surface area contributed by atoms with Gasteiger partial charge in [0.05, 0.1) is 0 Å². The summed E-state index contributed by atoms with van der Waals surface area (Å²) >= 11 is 0.484. The number of Topliss-reactive ketones (excluding diaryl/α,β-unsaturated/α-hetero) is 1. The van der Waals surface area contributed by atoms with E-state index in [2.05, 4.69) is 0 Å². The summed E-state index contributed by atoms with van der Waals surface area (Å²) in [6, 6.07) is 0. The SMILES string of the molecule is CC(=O)c1c(C)c(C)[c]([La])oc1=O. The first-order chi connectivity index (χ1) is 5.95. The van der Waals surface area contributed by atoms with Crippen LogP contribution in [0.5, 0.6) is 0 Å². The number of rotatable bonds is 1. The van der Waals surface area contributed by atoms with Crippen molar-refractivity contribution in [3.63, 3.8) is 0 Å². The Balaban J connectivity index is 3.63. The zero-order valence-corrected chi connectivity index (χ0v) is 11.4. The summed E-state index contributed by atoms with van der Waals surface area (Å²) in [7, 11) is 0. The van der Waals surface area contributed by atoms with Crippen LogP contribution in [0.15, 0.2) is 9.21 Å². The Morgan fingerprint density at radius 1 is 1.31 bits per heavy atom. The molecule has 13 heavy (non-hydrogen) atoms. The monoisotopic (exact) mass is 304 g/mol. The van der Waals surface area contributed by atoms with Gasteiger partial charge in [-0.15, -0.1) is 0 Å². The number of carbonyl (C=O) groups is 1. The van der Waals surface area contributed by atoms with Gasteiger partial charge in [0.25, 0.3) is 0 Å². The molecule has 1 aromatic heterocycles. The van der Waals surface area contributed by atoms with Crippen LogP contribution >= 0.6 is 0 Å². The molecule has 1 aromatic rings. The third-order valence-corrected chi connectivity index (χ3v) is 3.80. The molecule has 0 radical (unpaired) electrons. The van der Waals surface area contributed by atoms with Gasteiger partial charge in [-0.1, -0.05) is 0 Å². The van der Waals surface area contributed by atoms with Gasteiger partial charge in [-0.2, -0.15) is 0 Å². The molecular formula is C9H9LaO3. The molecule has 3 nitrogen and oxygen atoms in total. The molecule has 0 aliphatic heterocycles. The summed E-state index contributed by atoms with van der Waals surface area (Å²) in [6.45, 7) is 5.04. The van der Waals surface area contributed by atoms with E-state index < -0.39 is 5.63 Å². The van der Waals surface area contributed by atoms with Crippen LogP contribution in [0.2, 0.25) is 0 Å². The third kappa shape index (κ3) is 2.01. The maximum atomic E-state index is 11.3. The van der Waals surface area contributed by atoms with Gasteiger partial charge in [-0.25, -0.2) is 0 Å². The van der Waals surface area contributed by atoms with E-state index in [1.807, 2.05) is 6.92 Å². The second-order valence-corrected chi connectivity index (χ2v) is 4.58. The second-order valence-electron chi connectivity index (χ2n) is 2.93. The van der Waals surface area contributed by atoms with Crippen molar-refractivity contribution in [1.29, 1.82) is 0 Å². The molecule has 0 saturated carbocycles. The molecule has 1 rings (SSSR count). The Kier molecular flexibility index (Phi) is 3.27. The topological polar surface area (TPSA) is 47.3 Å². The van der Waals surface area contributed by atoms with Crippen molar-refractivity contribution >= 4 is 7.95 Å². The number of ketones is 1. The molecule has 0 fully saturated rings. The third-order valence-electron chi connectivity index (χ3n) is 2.07. The van der Waals surface area contributed by atoms with Gasteiger partial charge < -0.3 is 0 Å². The molecule has 1 heterocycles. The zero-order valence-electron chi connectivity index (χ0n) is 7.80. The Bertz CT molecular complexity index is 418. The summed E-state index contributed by atoms with van der Waals surface area (Å²) in [5.74, 6) is -0.223. The van der Waals surface area contributed by atoms with Crippen molar-refractivity contribution in [2.75, 3.05) is 0 Å². The second kappa shape index (κ2) is 3.90. The van der Waals surface area contributed by atoms with E-state index in [-0.39, 0.29) is 11.3 Å². The summed E-state index contributed by atoms with van der Waals surface area (Å²) in [6.07, 6.45) is 0. The molecule has 0 aliphatic carbocycles. The summed E-state index contributed by atoms with van der Waals surface area (Å²) in [4.78, 5) is 22.4. The van der Waals surface area contributed by atoms with Gasteiger partial charge in [-0.3, -0.25) is 0 Å². The first kappa shape index (κ1) is 10.9. The minimum atomic E-state index is -0.492. The van der Waals surface area contributed by atoms with Crippen LogP contribution in [0, 0.1) is 47.6 Å². The van der Waals surface area contributed by atoms with Crippen molar-refractivity contribution in [1.82, 2.24) is 0 Å². The molecule has 0 N–H and O–H groups in total. The quantitative estimate of drug-likeness (QED) is 0.715. The standard InChI is InChI=1S/C9H9O3.La/c1-5-4-12-9(11)8(6(5)2)7(3)10;/h1-3H3;. The van der Waals surface area contributed by atoms with Gasteiger partial charge in [0.15, 0.2) is 0 Å². The van der Waals surface area contributed by atoms with Crippen LogP contribution in [-0.4, -0.2) is 5.78 Å². The Morgan fingerprint density at radius 3 is 2.31 bits per heavy atom. The van der Waals surface area contributed by atoms with E-state index in [1.165, 1.54) is 6.92 Å². The van der Waals surface area contributed by atoms with Crippen LogP contribution in [0.3, 0.4) is 0 Å². The Hall–Kier alpha value is -0.185. The first-order valence-corrected chi connectivity index (χ1v) is 5.67. The summed E-state index contributed by atoms with van der Waals surface area (Å²) in [5, 5.41) is 0. The van der Waals surface area contributed by atoms with Crippen molar-refractivity contribution in [3.05, 3.63) is 27.1 Å². The van der Waals surface area contributed by atoms with Crippen molar-refractivity contribution in [2.45, 2.75) is 20.8 Å². The minimum absolute atomic E-state index is 0.196. The van der Waals surface area contributed by atoms with Crippen LogP contribution in [-0.2, 0) is 0 Å². The predicted molar refractivity (Wildman–Crippen MR) is 44.1 cm³/mol. The van der Waals surface area contributed by atoms with Crippen LogP contribution < -0.4 is 7.79 Å². The molecule has 4 heteroatoms. The zero-order chi connectivity index (χ0) is 10.2. The van der Waals surface area contributed by atoms with Gasteiger partial charge in [0.1, 0.15) is 0 Å². The fourth-order valence-electron chi connectivity index (χ4n) is 1.16. The van der Waals surface area contributed by atoms with Gasteiger partial charge in [0.2, 0.25) is 0 Å². The van der Waals surface area contributed by atoms with Crippen LogP contribution in [0.1, 0.15) is 28.4 Å². The molecule has 0 unspecified atom stereocenters. The molecule has 66 valence electrons. The molecule has 0 aliphatic rings. The summed E-state index contributed by atoms with van der Waals surface area (Å²) < 4.78 is 5.72. The van der Waals surface area contributed by atoms with E-state index in [0.717, 1.165) is 13.3 Å². The number of carbonyl (C=O) groups excluding carboxylic acids is 1. The predicted octanol–water partition coefficient (Wildman–Crippen LogP) is 0.634. The van der Waals surface area contributed by atoms with Gasteiger partial charge >= 0.3 is 98.8 Å². The van der Waals surface area contributed by atoms with Crippen LogP contribution in [0.25, 0.3) is 0 Å². The van der Waals surface area contributed by atoms with Gasteiger partial charge in [-0.05, 0) is 0 Å². The molecule has 0 saturated heterocycles. The normalized spacial score (nSPS) is 10.0. The molecular weight excluding hydrogens is 295 g/mol. The van der Waals surface area contributed by atoms with Crippen molar-refractivity contribution < 1.29 is 42.9 Å². The number of hydrogen-bond acceptors (Lipinski definition) is 3. The Labute approximate surface area is 98.2 Å². The van der Waals surface area contributed by atoms with Crippen molar-refractivity contribution in [2.24, 2.45) is 0 Å². The average Bonchev–Trinajstić information content (AvgIpc) is 1.99. The molecule has 0 amide bonds. The fraction of sp³-hybridized carbons (Fsp3) is 0.333. The van der Waals surface area contributed by atoms with E-state index in [0.29, 0.717) is 33.7 Å². The van der Waals surface area contributed by atoms with E-state index in [1.54, 1.807) is 6.92 Å². The molecule has 0 bridgehead atoms. The number of hydrogen-bond donors (Lipinski definition) is 0. The van der Waals surface area contributed by atoms with Crippen LogP contribution in [0.4, 0.5) is 0 Å². The van der Waals surface area contributed by atoms with E-state index in [9.17, 15) is 9.59 Å². The Morgan fingerprint density at radius 2 is 1.85 bits per heavy atom. The first-order valence-electron chi connectivity index (χ1n) is 3.86.